The first-order valence-corrected chi connectivity index (χ1v) is 46.4. The predicted molar refractivity (Wildman–Crippen MR) is 553 cm³/mol. The average Bonchev–Trinajstić information content (AvgIpc) is 1.58. The zero-order valence-electron chi connectivity index (χ0n) is 73.9. The first kappa shape index (κ1) is 78.2. The van der Waals surface area contributed by atoms with E-state index in [1.165, 1.54) is 182 Å². The Morgan fingerprint density at radius 3 is 1.40 bits per heavy atom. The lowest BCUT2D eigenvalue weighted by molar-refractivity contribution is 0.599. The molecule has 4 heterocycles. The van der Waals surface area contributed by atoms with Crippen molar-refractivity contribution >= 4 is 144 Å². The highest BCUT2D eigenvalue weighted by molar-refractivity contribution is 7.00. The molecule has 7 heteroatoms. The van der Waals surface area contributed by atoms with Crippen LogP contribution in [0, 0.1) is 26.7 Å². The van der Waals surface area contributed by atoms with E-state index in [9.17, 15) is 0 Å². The average molecular weight is 1690 g/mol. The molecule has 0 N–H and O–H groups in total. The van der Waals surface area contributed by atoms with Crippen LogP contribution in [0.2, 0.25) is 0 Å². The van der Waals surface area contributed by atoms with Gasteiger partial charge in [-0.3, -0.25) is 0 Å². The van der Waals surface area contributed by atoms with Crippen LogP contribution in [0.5, 0.6) is 0 Å². The van der Waals surface area contributed by atoms with Crippen molar-refractivity contribution in [2.45, 2.75) is 79.2 Å². The van der Waals surface area contributed by atoms with Gasteiger partial charge in [0.05, 0.1) is 51.0 Å². The van der Waals surface area contributed by atoms with Gasteiger partial charge in [-0.2, -0.15) is 8.75 Å². The lowest BCUT2D eigenvalue weighted by Gasteiger charge is -2.29. The number of anilines is 3. The summed E-state index contributed by atoms with van der Waals surface area (Å²) in [5.41, 5.74) is 41.2. The maximum absolute atomic E-state index is 5.27. The van der Waals surface area contributed by atoms with Crippen molar-refractivity contribution in [1.29, 1.82) is 0 Å². The molecule has 3 aliphatic rings. The third-order valence-corrected chi connectivity index (χ3v) is 28.9. The zero-order chi connectivity index (χ0) is 87.1. The third kappa shape index (κ3) is 13.4. The summed E-state index contributed by atoms with van der Waals surface area (Å²) in [7, 11) is 0. The molecule has 0 amide bonds. The smallest absolute Gasteiger partial charge is 0.129 e. The van der Waals surface area contributed by atoms with Gasteiger partial charge in [-0.15, -0.1) is 0 Å². The molecular weight excluding hydrogens is 1590 g/mol. The Labute approximate surface area is 762 Å². The molecule has 3 unspecified atom stereocenters. The second kappa shape index (κ2) is 31.3. The highest BCUT2D eigenvalue weighted by atomic mass is 32.1. The van der Waals surface area contributed by atoms with Gasteiger partial charge in [-0.1, -0.05) is 292 Å². The summed E-state index contributed by atoms with van der Waals surface area (Å²) in [4.78, 5) is 2.38. The molecule has 21 aromatic rings. The molecule has 17 aromatic carbocycles. The Bertz CT molecular complexity index is 8390. The second-order valence-corrected chi connectivity index (χ2v) is 37.3. The van der Waals surface area contributed by atoms with Crippen molar-refractivity contribution in [3.63, 3.8) is 0 Å². The fourth-order valence-electron chi connectivity index (χ4n) is 22.1. The molecule has 0 spiro atoms. The minimum absolute atomic E-state index is 0.0986. The van der Waals surface area contributed by atoms with Gasteiger partial charge in [0, 0.05) is 71.6 Å². The highest BCUT2D eigenvalue weighted by Crippen LogP contribution is 2.49. The third-order valence-electron chi connectivity index (χ3n) is 28.3. The van der Waals surface area contributed by atoms with Gasteiger partial charge in [-0.25, -0.2) is 0 Å². The van der Waals surface area contributed by atoms with E-state index in [-0.39, 0.29) is 11.5 Å². The first-order valence-electron chi connectivity index (χ1n) is 45.7. The molecule has 3 aliphatic carbocycles. The van der Waals surface area contributed by atoms with E-state index in [1.54, 1.807) is 0 Å². The molecule has 622 valence electrons. The van der Waals surface area contributed by atoms with Crippen molar-refractivity contribution in [3.8, 4) is 72.4 Å². The van der Waals surface area contributed by atoms with E-state index in [4.69, 9.17) is 8.75 Å². The van der Waals surface area contributed by atoms with Crippen LogP contribution >= 0.6 is 11.7 Å². The van der Waals surface area contributed by atoms with Gasteiger partial charge < -0.3 is 18.6 Å². The maximum Gasteiger partial charge on any atom is 0.129 e. The lowest BCUT2D eigenvalue weighted by Crippen LogP contribution is -2.20. The molecule has 0 saturated heterocycles. The summed E-state index contributed by atoms with van der Waals surface area (Å²) >= 11 is 1.27. The van der Waals surface area contributed by atoms with Crippen LogP contribution in [0.25, 0.3) is 187 Å². The van der Waals surface area contributed by atoms with Crippen molar-refractivity contribution in [2.24, 2.45) is 5.92 Å². The standard InChI is InChI=1S/C123H94N6S/c1-76-64-78(3)119(79(4)65-76)89-30-26-84(27-31-89)95-42-55-112-106(70-95)107-71-96(85-28-32-90(33-29-85)120-80(5)66-77(2)67-81(120)6)43-56-113(107)127(112)102-52-40-88(41-53-102)105-54-59-116(122-121(105)124-130-125-122)126(100-46-36-86(37-47-100)97-44-57-114-108(72-97)110-68-91-20-14-16-22-93(91)74-117(110)128(114)103-50-34-83(35-51-103)82-18-10-8-11-19-82)101-48-38-87(39-49-101)98-45-58-115-109(73-98)111-69-92-21-15-17-23-94(92)75-118(111)129(115)104-60-62-123(7,63-61-104)99-24-12-9-13-25-99/h8-50,52-62,64-66,68-75,81,103H,51,63,67H2,1-7H3. The normalized spacial score (nSPS) is 15.9. The molecule has 0 bridgehead atoms. The number of aryl methyl sites for hydroxylation is 3. The molecule has 6 nitrogen and oxygen atoms in total. The molecule has 0 fully saturated rings. The fraction of sp³-hybridized carbons (Fsp3) is 0.106. The van der Waals surface area contributed by atoms with E-state index in [0.29, 0.717) is 5.92 Å². The summed E-state index contributed by atoms with van der Waals surface area (Å²) in [5, 5.41) is 12.3. The Balaban J connectivity index is 0.601. The van der Waals surface area contributed by atoms with E-state index >= 15 is 0 Å². The van der Waals surface area contributed by atoms with E-state index in [0.717, 1.165) is 97.5 Å². The minimum atomic E-state index is -0.0986. The number of aromatic nitrogens is 5. The SMILES string of the molecule is CC1=CC(C)=C(c2ccc(-c3ccc4c(c3)c3cc(-c5ccc(-c6c(C)cc(C)cc6C)cc5)ccc3n4-c3ccc(-c4ccc(N(c5ccc(-c6ccc7c(c6)c6cc8ccccc8cc6n7C6=CCC(C)(c7ccccc7)C=C6)cc5)c5ccc(-c6ccc7c(c6)c6cc8ccccc8cc6n7C6C=CC(c7ccccc7)=CC6)cc5)c5nsnc45)cc3)cc2)C(C)C1. The summed E-state index contributed by atoms with van der Waals surface area (Å²) in [6.07, 6.45) is 19.6. The number of benzene rings is 17. The molecule has 0 aliphatic heterocycles. The molecule has 130 heavy (non-hydrogen) atoms. The summed E-state index contributed by atoms with van der Waals surface area (Å²) in [6.45, 7) is 15.9. The molecule has 4 aromatic heterocycles. The van der Waals surface area contributed by atoms with Gasteiger partial charge in [-0.05, 0) is 314 Å². The van der Waals surface area contributed by atoms with Crippen molar-refractivity contribution in [3.05, 3.63) is 439 Å². The van der Waals surface area contributed by atoms with E-state index in [1.807, 2.05) is 0 Å². The second-order valence-electron chi connectivity index (χ2n) is 36.7. The Morgan fingerprint density at radius 2 is 0.854 bits per heavy atom. The van der Waals surface area contributed by atoms with Crippen LogP contribution in [0.15, 0.2) is 406 Å². The number of allylic oxidation sites excluding steroid dienone is 12. The minimum Gasteiger partial charge on any atom is -0.333 e. The topological polar surface area (TPSA) is 43.8 Å². The molecular formula is C123H94N6S. The van der Waals surface area contributed by atoms with Gasteiger partial charge in [0.1, 0.15) is 11.0 Å². The predicted octanol–water partition coefficient (Wildman–Crippen LogP) is 33.8. The molecule has 24 rings (SSSR count). The largest absolute Gasteiger partial charge is 0.333 e. The van der Waals surface area contributed by atoms with Crippen LogP contribution in [0.1, 0.15) is 86.4 Å². The summed E-state index contributed by atoms with van der Waals surface area (Å²) in [5.74, 6) is 0.473. The van der Waals surface area contributed by atoms with Gasteiger partial charge in [0.15, 0.2) is 0 Å². The quantitative estimate of drug-likeness (QED) is 0.103. The Morgan fingerprint density at radius 1 is 0.385 bits per heavy atom. The number of nitrogens with zero attached hydrogens (tertiary/aromatic N) is 6. The summed E-state index contributed by atoms with van der Waals surface area (Å²) < 4.78 is 18.0. The van der Waals surface area contributed by atoms with Crippen molar-refractivity contribution in [1.82, 2.24) is 22.4 Å². The van der Waals surface area contributed by atoms with Crippen LogP contribution in [-0.2, 0) is 5.41 Å². The zero-order valence-corrected chi connectivity index (χ0v) is 74.7. The molecule has 0 radical (unpaired) electrons. The van der Waals surface area contributed by atoms with Gasteiger partial charge in [0.2, 0.25) is 0 Å². The fourth-order valence-corrected chi connectivity index (χ4v) is 22.6. The van der Waals surface area contributed by atoms with Crippen LogP contribution in [0.4, 0.5) is 17.1 Å². The first-order chi connectivity index (χ1) is 63.7. The van der Waals surface area contributed by atoms with E-state index < -0.39 is 0 Å². The number of rotatable bonds is 15. The Kier molecular flexibility index (Phi) is 18.9. The molecule has 3 atom stereocenters. The van der Waals surface area contributed by atoms with E-state index in [2.05, 4.69) is 461 Å². The van der Waals surface area contributed by atoms with Crippen molar-refractivity contribution < 1.29 is 0 Å². The monoisotopic (exact) mass is 1690 g/mol. The highest BCUT2D eigenvalue weighted by Gasteiger charge is 2.30. The van der Waals surface area contributed by atoms with Crippen LogP contribution in [-0.4, -0.2) is 22.4 Å². The van der Waals surface area contributed by atoms with Crippen molar-refractivity contribution in [2.75, 3.05) is 4.90 Å². The van der Waals surface area contributed by atoms with Crippen LogP contribution in [0.3, 0.4) is 0 Å². The number of fused-ring (bicyclic) bond motifs is 12. The Hall–Kier alpha value is -15.3. The summed E-state index contributed by atoms with van der Waals surface area (Å²) in [6, 6.07) is 132. The van der Waals surface area contributed by atoms with Gasteiger partial charge >= 0.3 is 0 Å². The van der Waals surface area contributed by atoms with Gasteiger partial charge in [0.25, 0.3) is 0 Å². The molecule has 0 saturated carbocycles. The lowest BCUT2D eigenvalue weighted by atomic mass is 9.77. The number of hydrogen-bond acceptors (Lipinski definition) is 4. The number of hydrogen-bond donors (Lipinski definition) is 0. The van der Waals surface area contributed by atoms with Crippen LogP contribution < -0.4 is 4.90 Å². The maximum atomic E-state index is 5.27.